The molecule has 0 atom stereocenters. The number of carboxylic acid groups (broad SMARTS) is 1. The summed E-state index contributed by atoms with van der Waals surface area (Å²) >= 11 is 0. The fraction of sp³-hybridized carbons (Fsp3) is 0.136. The quantitative estimate of drug-likeness (QED) is 0.367. The number of pyridine rings is 1. The van der Waals surface area contributed by atoms with Crippen molar-refractivity contribution in [2.45, 2.75) is 13.1 Å². The van der Waals surface area contributed by atoms with Crippen LogP contribution in [-0.4, -0.2) is 42.9 Å². The fourth-order valence-electron chi connectivity index (χ4n) is 3.21. The molecule has 0 aliphatic carbocycles. The van der Waals surface area contributed by atoms with E-state index in [1.165, 1.54) is 38.6 Å². The molecule has 0 spiro atoms. The minimum Gasteiger partial charge on any atom is -0.497 e. The van der Waals surface area contributed by atoms with Crippen molar-refractivity contribution in [2.24, 2.45) is 0 Å². The van der Waals surface area contributed by atoms with Gasteiger partial charge in [0, 0.05) is 54.7 Å². The molecule has 35 heavy (non-hydrogen) atoms. The number of rotatable bonds is 6. The number of alkyl halides is 3. The Kier molecular flexibility index (Phi) is 6.07. The summed E-state index contributed by atoms with van der Waals surface area (Å²) < 4.78 is 59.8. The van der Waals surface area contributed by atoms with Gasteiger partial charge in [0.2, 0.25) is 5.95 Å². The number of anilines is 2. The third-order valence-electron chi connectivity index (χ3n) is 4.81. The molecule has 0 radical (unpaired) electrons. The van der Waals surface area contributed by atoms with Crippen LogP contribution < -0.4 is 10.1 Å². The Morgan fingerprint density at radius 2 is 1.91 bits per heavy atom. The first kappa shape index (κ1) is 23.6. The van der Waals surface area contributed by atoms with E-state index < -0.39 is 23.7 Å². The first-order valence-corrected chi connectivity index (χ1v) is 9.87. The Morgan fingerprint density at radius 3 is 2.57 bits per heavy atom. The maximum Gasteiger partial charge on any atom is 0.435 e. The van der Waals surface area contributed by atoms with E-state index in [-0.39, 0.29) is 47.0 Å². The molecule has 0 unspecified atom stereocenters. The number of ether oxygens (including phenoxy) is 1. The molecule has 3 aromatic heterocycles. The fourth-order valence-corrected chi connectivity index (χ4v) is 3.21. The van der Waals surface area contributed by atoms with E-state index in [2.05, 4.69) is 25.4 Å². The average molecular weight is 490 g/mol. The molecule has 0 amide bonds. The average Bonchev–Trinajstić information content (AvgIpc) is 3.20. The Bertz CT molecular complexity index is 1430. The number of benzene rings is 1. The van der Waals surface area contributed by atoms with Gasteiger partial charge in [-0.05, 0) is 25.1 Å². The van der Waals surface area contributed by atoms with Gasteiger partial charge in [0.1, 0.15) is 11.6 Å². The lowest BCUT2D eigenvalue weighted by Crippen LogP contribution is -2.11. The third kappa shape index (κ3) is 5.03. The number of nitrogens with zero attached hydrogens (tertiary/aromatic N) is 5. The van der Waals surface area contributed by atoms with Crippen LogP contribution in [0.3, 0.4) is 0 Å². The monoisotopic (exact) mass is 490 g/mol. The third-order valence-corrected chi connectivity index (χ3v) is 4.81. The molecule has 0 saturated carbocycles. The number of halogens is 4. The van der Waals surface area contributed by atoms with E-state index in [0.29, 0.717) is 0 Å². The lowest BCUT2D eigenvalue weighted by atomic mass is 10.1. The van der Waals surface area contributed by atoms with Crippen LogP contribution >= 0.6 is 0 Å². The Balaban J connectivity index is 0.00000361. The van der Waals surface area contributed by atoms with Gasteiger partial charge in [-0.2, -0.15) is 23.3 Å². The molecular formula is C22H18F4N6O3. The molecule has 0 aliphatic heterocycles. The summed E-state index contributed by atoms with van der Waals surface area (Å²) in [5.41, 5.74) is -0.538. The van der Waals surface area contributed by atoms with Gasteiger partial charge in [-0.25, -0.2) is 18.9 Å². The zero-order chi connectivity index (χ0) is 25.3. The SMILES string of the molecule is COc1cc(F)cc(Nc2ncc(-c3cncc(C(=O)O)c3)c(-n3nc(C(F)(F)F)cc3C)n2)c1.[HH]. The van der Waals surface area contributed by atoms with E-state index in [1.54, 1.807) is 0 Å². The van der Waals surface area contributed by atoms with Crippen LogP contribution in [0.15, 0.2) is 48.9 Å². The topological polar surface area (TPSA) is 115 Å². The largest absolute Gasteiger partial charge is 0.497 e. The molecule has 3 heterocycles. The smallest absolute Gasteiger partial charge is 0.435 e. The summed E-state index contributed by atoms with van der Waals surface area (Å²) in [5.74, 6) is -1.78. The van der Waals surface area contributed by atoms with Gasteiger partial charge in [-0.3, -0.25) is 4.98 Å². The van der Waals surface area contributed by atoms with Gasteiger partial charge in [-0.1, -0.05) is 0 Å². The van der Waals surface area contributed by atoms with Crippen LogP contribution in [0.2, 0.25) is 0 Å². The van der Waals surface area contributed by atoms with Crippen molar-refractivity contribution in [1.29, 1.82) is 0 Å². The lowest BCUT2D eigenvalue weighted by molar-refractivity contribution is -0.141. The molecule has 182 valence electrons. The van der Waals surface area contributed by atoms with E-state index in [0.717, 1.165) is 29.1 Å². The molecule has 0 fully saturated rings. The number of carboxylic acids is 1. The predicted octanol–water partition coefficient (Wildman–Crippen LogP) is 4.89. The summed E-state index contributed by atoms with van der Waals surface area (Å²) in [5, 5.41) is 15.7. The molecule has 4 aromatic rings. The zero-order valence-corrected chi connectivity index (χ0v) is 18.1. The van der Waals surface area contributed by atoms with Crippen LogP contribution in [0.1, 0.15) is 23.2 Å². The van der Waals surface area contributed by atoms with Crippen molar-refractivity contribution in [3.05, 3.63) is 71.7 Å². The normalized spacial score (nSPS) is 11.4. The van der Waals surface area contributed by atoms with Gasteiger partial charge < -0.3 is 15.2 Å². The number of aromatic carboxylic acids is 1. The molecule has 0 bridgehead atoms. The molecule has 0 aliphatic rings. The molecule has 1 aromatic carbocycles. The summed E-state index contributed by atoms with van der Waals surface area (Å²) in [6.07, 6.45) is -0.978. The van der Waals surface area contributed by atoms with Crippen molar-refractivity contribution >= 4 is 17.6 Å². The number of nitrogens with one attached hydrogen (secondary N) is 1. The Hall–Kier alpha value is -4.55. The Morgan fingerprint density at radius 1 is 1.14 bits per heavy atom. The molecule has 2 N–H and O–H groups in total. The van der Waals surface area contributed by atoms with Crippen molar-refractivity contribution in [3.8, 4) is 22.7 Å². The molecule has 4 rings (SSSR count). The van der Waals surface area contributed by atoms with E-state index in [1.807, 2.05) is 0 Å². The van der Waals surface area contributed by atoms with Crippen LogP contribution in [0.4, 0.5) is 29.2 Å². The highest BCUT2D eigenvalue weighted by atomic mass is 19.4. The van der Waals surface area contributed by atoms with Gasteiger partial charge in [0.05, 0.1) is 12.7 Å². The summed E-state index contributed by atoms with van der Waals surface area (Å²) in [7, 11) is 1.36. The lowest BCUT2D eigenvalue weighted by Gasteiger charge is -2.13. The van der Waals surface area contributed by atoms with Crippen LogP contribution in [0.5, 0.6) is 5.75 Å². The highest BCUT2D eigenvalue weighted by Crippen LogP contribution is 2.32. The molecular weight excluding hydrogens is 472 g/mol. The first-order chi connectivity index (χ1) is 16.5. The number of methoxy groups -OCH3 is 1. The van der Waals surface area contributed by atoms with Gasteiger partial charge in [0.15, 0.2) is 11.5 Å². The second-order valence-corrected chi connectivity index (χ2v) is 7.28. The van der Waals surface area contributed by atoms with E-state index in [4.69, 9.17) is 4.74 Å². The number of hydrogen-bond donors (Lipinski definition) is 2. The number of aryl methyl sites for hydroxylation is 1. The number of hydrogen-bond acceptors (Lipinski definition) is 7. The number of aromatic nitrogens is 5. The van der Waals surface area contributed by atoms with Crippen LogP contribution in [0, 0.1) is 12.7 Å². The summed E-state index contributed by atoms with van der Waals surface area (Å²) in [4.78, 5) is 23.7. The van der Waals surface area contributed by atoms with Crippen molar-refractivity contribution < 1.29 is 33.6 Å². The summed E-state index contributed by atoms with van der Waals surface area (Å²) in [6.45, 7) is 1.41. The van der Waals surface area contributed by atoms with Crippen molar-refractivity contribution in [1.82, 2.24) is 24.7 Å². The first-order valence-electron chi connectivity index (χ1n) is 9.87. The standard InChI is InChI=1S/C22H16F4N6O3.H2/c1-11-3-18(22(24,25)26)31-32(11)19-17(12-4-13(20(33)34)9-27-8-12)10-28-21(30-19)29-15-5-14(23)6-16(7-15)35-2;/h3-10H,1-2H3,(H,33,34)(H,28,29,30);1H. The van der Waals surface area contributed by atoms with Gasteiger partial charge >= 0.3 is 12.1 Å². The maximum absolute atomic E-state index is 13.9. The molecule has 9 nitrogen and oxygen atoms in total. The number of carbonyl (C=O) groups is 1. The highest BCUT2D eigenvalue weighted by molar-refractivity contribution is 5.89. The maximum atomic E-state index is 13.9. The van der Waals surface area contributed by atoms with Crippen molar-refractivity contribution in [3.63, 3.8) is 0 Å². The molecule has 0 saturated heterocycles. The van der Waals surface area contributed by atoms with Crippen LogP contribution in [0.25, 0.3) is 16.9 Å². The second kappa shape index (κ2) is 9.00. The van der Waals surface area contributed by atoms with Crippen LogP contribution in [-0.2, 0) is 6.18 Å². The molecule has 13 heteroatoms. The van der Waals surface area contributed by atoms with E-state index in [9.17, 15) is 27.5 Å². The Labute approximate surface area is 196 Å². The van der Waals surface area contributed by atoms with E-state index >= 15 is 0 Å². The zero-order valence-electron chi connectivity index (χ0n) is 18.1. The minimum atomic E-state index is -4.70. The highest BCUT2D eigenvalue weighted by Gasteiger charge is 2.35. The second-order valence-electron chi connectivity index (χ2n) is 7.28. The van der Waals surface area contributed by atoms with Gasteiger partial charge in [0.25, 0.3) is 0 Å². The minimum absolute atomic E-state index is 0. The van der Waals surface area contributed by atoms with Crippen molar-refractivity contribution in [2.75, 3.05) is 12.4 Å². The van der Waals surface area contributed by atoms with Gasteiger partial charge in [-0.15, -0.1) is 0 Å². The summed E-state index contributed by atoms with van der Waals surface area (Å²) in [6, 6.07) is 5.92. The predicted molar refractivity (Wildman–Crippen MR) is 117 cm³/mol.